The standard InChI is InChI=1S/C17H20N4O2S/c1-13-11-17(21(19-13)10-4-9-18)20-24(22,23)16-8-7-14-5-2-3-6-15(14)12-16/h7-8,11-12,20H,2-6,10H2,1H3. The van der Waals surface area contributed by atoms with Gasteiger partial charge in [0.2, 0.25) is 0 Å². The number of fused-ring (bicyclic) bond motifs is 1. The predicted octanol–water partition coefficient (Wildman–Crippen LogP) is 2.78. The first kappa shape index (κ1) is 16.5. The summed E-state index contributed by atoms with van der Waals surface area (Å²) in [6.45, 7) is 2.14. The van der Waals surface area contributed by atoms with Gasteiger partial charge in [-0.2, -0.15) is 10.4 Å². The van der Waals surface area contributed by atoms with E-state index < -0.39 is 10.0 Å². The maximum atomic E-state index is 12.7. The van der Waals surface area contributed by atoms with E-state index in [-0.39, 0.29) is 11.3 Å². The molecule has 0 radical (unpaired) electrons. The molecule has 7 heteroatoms. The average molecular weight is 344 g/mol. The lowest BCUT2D eigenvalue weighted by atomic mass is 9.92. The van der Waals surface area contributed by atoms with Crippen LogP contribution in [0.2, 0.25) is 0 Å². The van der Waals surface area contributed by atoms with Gasteiger partial charge in [-0.15, -0.1) is 0 Å². The number of benzene rings is 1. The lowest BCUT2D eigenvalue weighted by Gasteiger charge is -2.17. The topological polar surface area (TPSA) is 87.8 Å². The number of nitrogens with one attached hydrogen (secondary N) is 1. The molecular weight excluding hydrogens is 324 g/mol. The van der Waals surface area contributed by atoms with Crippen LogP contribution in [-0.2, 0) is 29.4 Å². The van der Waals surface area contributed by atoms with Crippen LogP contribution in [-0.4, -0.2) is 18.2 Å². The summed E-state index contributed by atoms with van der Waals surface area (Å²) in [6, 6.07) is 9.07. The summed E-state index contributed by atoms with van der Waals surface area (Å²) >= 11 is 0. The molecule has 0 saturated heterocycles. The Balaban J connectivity index is 1.88. The summed E-state index contributed by atoms with van der Waals surface area (Å²) < 4.78 is 29.5. The highest BCUT2D eigenvalue weighted by molar-refractivity contribution is 7.92. The lowest BCUT2D eigenvalue weighted by Crippen LogP contribution is -2.17. The number of aryl methyl sites for hydroxylation is 4. The number of rotatable bonds is 5. The average Bonchev–Trinajstić information content (AvgIpc) is 2.91. The Morgan fingerprint density at radius 1 is 1.25 bits per heavy atom. The molecule has 0 bridgehead atoms. The Hall–Kier alpha value is -2.33. The van der Waals surface area contributed by atoms with Gasteiger partial charge in [0.15, 0.2) is 0 Å². The third kappa shape index (κ3) is 3.44. The Morgan fingerprint density at radius 2 is 2.00 bits per heavy atom. The number of aromatic nitrogens is 2. The Morgan fingerprint density at radius 3 is 2.75 bits per heavy atom. The summed E-state index contributed by atoms with van der Waals surface area (Å²) in [5.74, 6) is 0.389. The zero-order valence-corrected chi connectivity index (χ0v) is 14.4. The molecule has 1 N–H and O–H groups in total. The smallest absolute Gasteiger partial charge is 0.263 e. The van der Waals surface area contributed by atoms with Crippen LogP contribution < -0.4 is 4.72 Å². The van der Waals surface area contributed by atoms with Crippen molar-refractivity contribution < 1.29 is 8.42 Å². The quantitative estimate of drug-likeness (QED) is 0.903. The van der Waals surface area contributed by atoms with Gasteiger partial charge in [0.05, 0.1) is 29.6 Å². The molecule has 1 aliphatic rings. The number of nitriles is 1. The molecular formula is C17H20N4O2S. The number of anilines is 1. The van der Waals surface area contributed by atoms with E-state index in [0.29, 0.717) is 18.1 Å². The van der Waals surface area contributed by atoms with Crippen LogP contribution in [0.5, 0.6) is 0 Å². The van der Waals surface area contributed by atoms with Gasteiger partial charge in [-0.1, -0.05) is 6.07 Å². The molecule has 0 saturated carbocycles. The molecule has 126 valence electrons. The molecule has 1 aromatic carbocycles. The van der Waals surface area contributed by atoms with Gasteiger partial charge in [0, 0.05) is 6.07 Å². The van der Waals surface area contributed by atoms with E-state index in [1.54, 1.807) is 25.1 Å². The molecule has 6 nitrogen and oxygen atoms in total. The van der Waals surface area contributed by atoms with E-state index in [9.17, 15) is 8.42 Å². The van der Waals surface area contributed by atoms with E-state index in [4.69, 9.17) is 5.26 Å². The molecule has 24 heavy (non-hydrogen) atoms. The van der Waals surface area contributed by atoms with E-state index in [1.165, 1.54) is 10.2 Å². The molecule has 0 spiro atoms. The molecule has 1 heterocycles. The Kier molecular flexibility index (Phi) is 4.58. The Bertz CT molecular complexity index is 894. The van der Waals surface area contributed by atoms with Crippen LogP contribution in [0.1, 0.15) is 36.1 Å². The molecule has 0 amide bonds. The number of nitrogens with zero attached hydrogens (tertiary/aromatic N) is 3. The third-order valence-corrected chi connectivity index (χ3v) is 5.56. The van der Waals surface area contributed by atoms with Crippen LogP contribution in [0, 0.1) is 18.3 Å². The van der Waals surface area contributed by atoms with Gasteiger partial charge < -0.3 is 0 Å². The number of hydrogen-bond donors (Lipinski definition) is 1. The molecule has 2 aromatic rings. The number of sulfonamides is 1. The first-order valence-electron chi connectivity index (χ1n) is 8.05. The largest absolute Gasteiger partial charge is 0.264 e. The van der Waals surface area contributed by atoms with Gasteiger partial charge in [-0.25, -0.2) is 13.1 Å². The van der Waals surface area contributed by atoms with Gasteiger partial charge in [0.25, 0.3) is 10.0 Å². The second kappa shape index (κ2) is 6.65. The zero-order valence-electron chi connectivity index (χ0n) is 13.6. The minimum absolute atomic E-state index is 0.272. The fourth-order valence-electron chi connectivity index (χ4n) is 3.03. The van der Waals surface area contributed by atoms with Crippen molar-refractivity contribution in [1.29, 1.82) is 5.26 Å². The second-order valence-corrected chi connectivity index (χ2v) is 7.73. The van der Waals surface area contributed by atoms with Crippen molar-refractivity contribution in [1.82, 2.24) is 9.78 Å². The first-order chi connectivity index (χ1) is 11.5. The monoisotopic (exact) mass is 344 g/mol. The molecule has 1 aromatic heterocycles. The summed E-state index contributed by atoms with van der Waals surface area (Å²) in [6.07, 6.45) is 4.48. The minimum Gasteiger partial charge on any atom is -0.264 e. The SMILES string of the molecule is Cc1cc(NS(=O)(=O)c2ccc3c(c2)CCCC3)n(CCC#N)n1. The van der Waals surface area contributed by atoms with Crippen LogP contribution in [0.3, 0.4) is 0 Å². The highest BCUT2D eigenvalue weighted by Gasteiger charge is 2.19. The van der Waals surface area contributed by atoms with Crippen LogP contribution in [0.25, 0.3) is 0 Å². The summed E-state index contributed by atoms with van der Waals surface area (Å²) in [4.78, 5) is 0.272. The highest BCUT2D eigenvalue weighted by Crippen LogP contribution is 2.25. The van der Waals surface area contributed by atoms with Crippen molar-refractivity contribution in [3.63, 3.8) is 0 Å². The molecule has 0 fully saturated rings. The van der Waals surface area contributed by atoms with E-state index in [0.717, 1.165) is 31.2 Å². The van der Waals surface area contributed by atoms with Crippen LogP contribution >= 0.6 is 0 Å². The predicted molar refractivity (Wildman–Crippen MR) is 91.1 cm³/mol. The minimum atomic E-state index is -3.67. The third-order valence-electron chi connectivity index (χ3n) is 4.21. The van der Waals surface area contributed by atoms with E-state index >= 15 is 0 Å². The Labute approximate surface area is 142 Å². The van der Waals surface area contributed by atoms with Gasteiger partial charge in [-0.05, 0) is 55.9 Å². The van der Waals surface area contributed by atoms with Crippen molar-refractivity contribution in [2.24, 2.45) is 0 Å². The maximum Gasteiger partial charge on any atom is 0.263 e. The molecule has 3 rings (SSSR count). The molecule has 0 aliphatic heterocycles. The second-order valence-electron chi connectivity index (χ2n) is 6.05. The fraction of sp³-hybridized carbons (Fsp3) is 0.412. The first-order valence-corrected chi connectivity index (χ1v) is 9.54. The van der Waals surface area contributed by atoms with Crippen molar-refractivity contribution in [2.75, 3.05) is 4.72 Å². The highest BCUT2D eigenvalue weighted by atomic mass is 32.2. The molecule has 1 aliphatic carbocycles. The van der Waals surface area contributed by atoms with Crippen LogP contribution in [0.4, 0.5) is 5.82 Å². The van der Waals surface area contributed by atoms with E-state index in [2.05, 4.69) is 9.82 Å². The van der Waals surface area contributed by atoms with Crippen molar-refractivity contribution >= 4 is 15.8 Å². The number of hydrogen-bond acceptors (Lipinski definition) is 4. The summed E-state index contributed by atoms with van der Waals surface area (Å²) in [5.41, 5.74) is 3.07. The maximum absolute atomic E-state index is 12.7. The van der Waals surface area contributed by atoms with Crippen molar-refractivity contribution in [3.05, 3.63) is 41.1 Å². The normalized spacial score (nSPS) is 14.0. The van der Waals surface area contributed by atoms with Gasteiger partial charge in [0.1, 0.15) is 5.82 Å². The zero-order chi connectivity index (χ0) is 17.2. The van der Waals surface area contributed by atoms with Gasteiger partial charge >= 0.3 is 0 Å². The molecule has 0 atom stereocenters. The summed E-state index contributed by atoms with van der Waals surface area (Å²) in [5, 5.41) is 13.0. The molecule has 0 unspecified atom stereocenters. The van der Waals surface area contributed by atoms with Crippen molar-refractivity contribution in [3.8, 4) is 6.07 Å². The van der Waals surface area contributed by atoms with Crippen molar-refractivity contribution in [2.45, 2.75) is 50.5 Å². The lowest BCUT2D eigenvalue weighted by molar-refractivity contribution is 0.596. The fourth-order valence-corrected chi connectivity index (χ4v) is 4.13. The van der Waals surface area contributed by atoms with Gasteiger partial charge in [-0.3, -0.25) is 4.72 Å². The van der Waals surface area contributed by atoms with E-state index in [1.807, 2.05) is 12.1 Å². The summed E-state index contributed by atoms with van der Waals surface area (Å²) in [7, 11) is -3.67. The van der Waals surface area contributed by atoms with Crippen LogP contribution in [0.15, 0.2) is 29.2 Å².